The van der Waals surface area contributed by atoms with E-state index in [-0.39, 0.29) is 5.54 Å². The molecule has 0 radical (unpaired) electrons. The van der Waals surface area contributed by atoms with Crippen LogP contribution in [-0.4, -0.2) is 23.0 Å². The zero-order valence-corrected chi connectivity index (χ0v) is 13.2. The Morgan fingerprint density at radius 1 is 1.10 bits per heavy atom. The van der Waals surface area contributed by atoms with Gasteiger partial charge in [-0.1, -0.05) is 12.1 Å². The maximum absolute atomic E-state index is 12.6. The van der Waals surface area contributed by atoms with Crippen LogP contribution in [0.2, 0.25) is 0 Å². The van der Waals surface area contributed by atoms with Crippen molar-refractivity contribution in [2.45, 2.75) is 58.3 Å². The predicted molar refractivity (Wildman–Crippen MR) is 79.2 cm³/mol. The third-order valence-electron chi connectivity index (χ3n) is 4.33. The Morgan fingerprint density at radius 3 is 2.10 bits per heavy atom. The summed E-state index contributed by atoms with van der Waals surface area (Å²) < 4.78 is 37.7. The Bertz CT molecular complexity index is 470. The van der Waals surface area contributed by atoms with Gasteiger partial charge in [0, 0.05) is 18.1 Å². The number of likely N-dealkylation sites (tertiary alicyclic amines) is 1. The number of rotatable bonds is 2. The van der Waals surface area contributed by atoms with Gasteiger partial charge in [0.15, 0.2) is 0 Å². The molecule has 21 heavy (non-hydrogen) atoms. The van der Waals surface area contributed by atoms with Crippen LogP contribution in [0, 0.1) is 5.92 Å². The minimum Gasteiger partial charge on any atom is -0.296 e. The molecule has 1 aliphatic heterocycles. The van der Waals surface area contributed by atoms with Crippen LogP contribution in [0.5, 0.6) is 0 Å². The molecule has 1 fully saturated rings. The van der Waals surface area contributed by atoms with E-state index in [9.17, 15) is 13.2 Å². The van der Waals surface area contributed by atoms with Crippen molar-refractivity contribution in [2.24, 2.45) is 5.92 Å². The fourth-order valence-electron chi connectivity index (χ4n) is 3.39. The van der Waals surface area contributed by atoms with E-state index < -0.39 is 11.7 Å². The molecule has 1 unspecified atom stereocenters. The van der Waals surface area contributed by atoms with Crippen molar-refractivity contribution in [1.29, 1.82) is 0 Å². The van der Waals surface area contributed by atoms with E-state index in [1.165, 1.54) is 12.1 Å². The summed E-state index contributed by atoms with van der Waals surface area (Å²) in [4.78, 5) is 2.49. The van der Waals surface area contributed by atoms with Crippen LogP contribution in [-0.2, 0) is 12.6 Å². The third kappa shape index (κ3) is 4.00. The van der Waals surface area contributed by atoms with Gasteiger partial charge < -0.3 is 0 Å². The predicted octanol–water partition coefficient (Wildman–Crippen LogP) is 4.76. The van der Waals surface area contributed by atoms with Crippen molar-refractivity contribution in [2.75, 3.05) is 6.54 Å². The van der Waals surface area contributed by atoms with E-state index in [0.717, 1.165) is 24.9 Å². The monoisotopic (exact) mass is 299 g/mol. The molecule has 0 spiro atoms. The summed E-state index contributed by atoms with van der Waals surface area (Å²) in [5.41, 5.74) is 0.576. The van der Waals surface area contributed by atoms with Gasteiger partial charge in [0.1, 0.15) is 0 Å². The van der Waals surface area contributed by atoms with Crippen LogP contribution in [0.3, 0.4) is 0 Å². The second-order valence-corrected chi connectivity index (χ2v) is 7.17. The van der Waals surface area contributed by atoms with Gasteiger partial charge in [-0.3, -0.25) is 4.90 Å². The number of hydrogen-bond acceptors (Lipinski definition) is 1. The first kappa shape index (κ1) is 16.3. The highest BCUT2D eigenvalue weighted by molar-refractivity contribution is 5.25. The van der Waals surface area contributed by atoms with Crippen molar-refractivity contribution in [3.05, 3.63) is 35.4 Å². The van der Waals surface area contributed by atoms with Gasteiger partial charge in [0.05, 0.1) is 5.56 Å². The molecule has 0 aromatic heterocycles. The second kappa shape index (κ2) is 5.64. The lowest BCUT2D eigenvalue weighted by atomic mass is 9.96. The smallest absolute Gasteiger partial charge is 0.296 e. The van der Waals surface area contributed by atoms with Gasteiger partial charge in [-0.05, 0) is 64.2 Å². The standard InChI is InChI=1S/C17H24F3N/c1-12-9-14(11-21(12)16(2,3)4)10-13-5-7-15(8-6-13)17(18,19)20/h5-8,12,14H,9-11H2,1-4H3/t12-,14?/m0/s1. The van der Waals surface area contributed by atoms with E-state index in [1.807, 2.05) is 0 Å². The van der Waals surface area contributed by atoms with E-state index in [1.54, 1.807) is 12.1 Å². The molecular weight excluding hydrogens is 275 g/mol. The normalized spacial score (nSPS) is 24.5. The van der Waals surface area contributed by atoms with Gasteiger partial charge in [-0.2, -0.15) is 13.2 Å². The summed E-state index contributed by atoms with van der Waals surface area (Å²) in [6.07, 6.45) is -2.28. The number of hydrogen-bond donors (Lipinski definition) is 0. The second-order valence-electron chi connectivity index (χ2n) is 7.17. The molecule has 118 valence electrons. The Hall–Kier alpha value is -1.03. The van der Waals surface area contributed by atoms with Crippen LogP contribution in [0.4, 0.5) is 13.2 Å². The number of nitrogens with zero attached hydrogens (tertiary/aromatic N) is 1. The highest BCUT2D eigenvalue weighted by atomic mass is 19.4. The molecule has 0 aliphatic carbocycles. The Labute approximate surface area is 125 Å². The summed E-state index contributed by atoms with van der Waals surface area (Å²) in [5, 5.41) is 0. The lowest BCUT2D eigenvalue weighted by Gasteiger charge is -2.35. The van der Waals surface area contributed by atoms with Crippen molar-refractivity contribution < 1.29 is 13.2 Å². The maximum Gasteiger partial charge on any atom is 0.416 e. The van der Waals surface area contributed by atoms with E-state index in [2.05, 4.69) is 32.6 Å². The maximum atomic E-state index is 12.6. The quantitative estimate of drug-likeness (QED) is 0.761. The highest BCUT2D eigenvalue weighted by Gasteiger charge is 2.35. The lowest BCUT2D eigenvalue weighted by molar-refractivity contribution is -0.137. The Morgan fingerprint density at radius 2 is 1.67 bits per heavy atom. The first-order chi connectivity index (χ1) is 9.57. The van der Waals surface area contributed by atoms with Crippen LogP contribution in [0.25, 0.3) is 0 Å². The summed E-state index contributed by atoms with van der Waals surface area (Å²) >= 11 is 0. The molecule has 0 bridgehead atoms. The van der Waals surface area contributed by atoms with Gasteiger partial charge >= 0.3 is 6.18 Å². The Kier molecular flexibility index (Phi) is 4.39. The zero-order chi connectivity index (χ0) is 15.8. The summed E-state index contributed by atoms with van der Waals surface area (Å²) in [6, 6.07) is 6.15. The fraction of sp³-hybridized carbons (Fsp3) is 0.647. The van der Waals surface area contributed by atoms with Crippen molar-refractivity contribution >= 4 is 0 Å². The number of alkyl halides is 3. The van der Waals surface area contributed by atoms with Crippen LogP contribution >= 0.6 is 0 Å². The minimum absolute atomic E-state index is 0.147. The Balaban J connectivity index is 2.00. The third-order valence-corrected chi connectivity index (χ3v) is 4.33. The minimum atomic E-state index is -4.25. The molecule has 1 nitrogen and oxygen atoms in total. The average Bonchev–Trinajstić information content (AvgIpc) is 2.69. The topological polar surface area (TPSA) is 3.24 Å². The van der Waals surface area contributed by atoms with E-state index in [4.69, 9.17) is 0 Å². The van der Waals surface area contributed by atoms with Gasteiger partial charge in [-0.25, -0.2) is 0 Å². The van der Waals surface area contributed by atoms with Crippen molar-refractivity contribution in [1.82, 2.24) is 4.90 Å². The molecule has 1 aliphatic rings. The molecule has 4 heteroatoms. The first-order valence-corrected chi connectivity index (χ1v) is 7.50. The molecule has 0 N–H and O–H groups in total. The molecule has 0 saturated carbocycles. The molecule has 1 aromatic carbocycles. The van der Waals surface area contributed by atoms with Crippen molar-refractivity contribution in [3.8, 4) is 0 Å². The molecule has 2 atom stereocenters. The number of benzene rings is 1. The largest absolute Gasteiger partial charge is 0.416 e. The van der Waals surface area contributed by atoms with E-state index >= 15 is 0 Å². The fourth-order valence-corrected chi connectivity index (χ4v) is 3.39. The van der Waals surface area contributed by atoms with Gasteiger partial charge in [0.25, 0.3) is 0 Å². The summed E-state index contributed by atoms with van der Waals surface area (Å²) in [5.74, 6) is 0.524. The highest BCUT2D eigenvalue weighted by Crippen LogP contribution is 2.33. The van der Waals surface area contributed by atoms with Crippen molar-refractivity contribution in [3.63, 3.8) is 0 Å². The molecular formula is C17H24F3N. The van der Waals surface area contributed by atoms with Gasteiger partial charge in [-0.15, -0.1) is 0 Å². The summed E-state index contributed by atoms with van der Waals surface area (Å²) in [7, 11) is 0. The number of halogens is 3. The van der Waals surface area contributed by atoms with Crippen LogP contribution in [0.15, 0.2) is 24.3 Å². The first-order valence-electron chi connectivity index (χ1n) is 7.50. The average molecular weight is 299 g/mol. The molecule has 2 rings (SSSR count). The molecule has 1 aromatic rings. The zero-order valence-electron chi connectivity index (χ0n) is 13.2. The SMILES string of the molecule is C[C@H]1CC(Cc2ccc(C(F)(F)F)cc2)CN1C(C)(C)C. The molecule has 1 heterocycles. The molecule has 0 amide bonds. The molecule has 1 saturated heterocycles. The van der Waals surface area contributed by atoms with Gasteiger partial charge in [0.2, 0.25) is 0 Å². The van der Waals surface area contributed by atoms with E-state index in [0.29, 0.717) is 12.0 Å². The van der Waals surface area contributed by atoms with Crippen LogP contribution in [0.1, 0.15) is 45.2 Å². The van der Waals surface area contributed by atoms with Crippen LogP contribution < -0.4 is 0 Å². The lowest BCUT2D eigenvalue weighted by Crippen LogP contribution is -2.43. The summed E-state index contributed by atoms with van der Waals surface area (Å²) in [6.45, 7) is 9.89.